The second kappa shape index (κ2) is 3.50. The zero-order valence-electron chi connectivity index (χ0n) is 7.21. The minimum atomic E-state index is -4.03. The maximum atomic E-state index is 10.9. The highest BCUT2D eigenvalue weighted by Crippen LogP contribution is 2.51. The number of hydrogen-bond donors (Lipinski definition) is 3. The highest BCUT2D eigenvalue weighted by molar-refractivity contribution is 7.52. The molecule has 1 rings (SSSR count). The van der Waals surface area contributed by atoms with Crippen LogP contribution in [0.15, 0.2) is 24.3 Å². The molecule has 0 fully saturated rings. The first-order valence-electron chi connectivity index (χ1n) is 3.82. The van der Waals surface area contributed by atoms with Crippen molar-refractivity contribution < 1.29 is 14.4 Å². The molecular formula is C8H12NO3P. The molecule has 0 spiro atoms. The minimum absolute atomic E-state index is 0.585. The molecule has 0 aliphatic heterocycles. The van der Waals surface area contributed by atoms with Gasteiger partial charge in [0, 0.05) is 5.69 Å². The molecule has 0 saturated carbocycles. The summed E-state index contributed by atoms with van der Waals surface area (Å²) < 4.78 is 10.9. The zero-order valence-corrected chi connectivity index (χ0v) is 8.11. The van der Waals surface area contributed by atoms with Crippen molar-refractivity contribution in [3.05, 3.63) is 29.8 Å². The van der Waals surface area contributed by atoms with E-state index in [0.717, 1.165) is 0 Å². The number of hydrogen-bond acceptors (Lipinski definition) is 2. The second-order valence-electron chi connectivity index (χ2n) is 2.93. The molecule has 0 amide bonds. The zero-order chi connectivity index (χ0) is 10.1. The van der Waals surface area contributed by atoms with E-state index in [0.29, 0.717) is 11.3 Å². The third-order valence-corrected chi connectivity index (χ3v) is 3.23. The van der Waals surface area contributed by atoms with Crippen molar-refractivity contribution >= 4 is 13.3 Å². The fourth-order valence-electron chi connectivity index (χ4n) is 0.969. The normalized spacial score (nSPS) is 14.1. The van der Waals surface area contributed by atoms with Crippen LogP contribution in [0.4, 0.5) is 5.69 Å². The van der Waals surface area contributed by atoms with Crippen molar-refractivity contribution in [2.24, 2.45) is 0 Å². The summed E-state index contributed by atoms with van der Waals surface area (Å²) >= 11 is 0. The molecule has 0 aromatic heterocycles. The van der Waals surface area contributed by atoms with Gasteiger partial charge >= 0.3 is 7.60 Å². The molecule has 1 atom stereocenters. The van der Waals surface area contributed by atoms with Gasteiger partial charge in [-0.1, -0.05) is 12.1 Å². The predicted molar refractivity (Wildman–Crippen MR) is 51.3 cm³/mol. The molecule has 4 nitrogen and oxygen atoms in total. The van der Waals surface area contributed by atoms with Crippen LogP contribution in [-0.2, 0) is 4.57 Å². The lowest BCUT2D eigenvalue weighted by Gasteiger charge is -2.13. The van der Waals surface area contributed by atoms with Gasteiger partial charge in [0.2, 0.25) is 0 Å². The fraction of sp³-hybridized carbons (Fsp3) is 0.250. The summed E-state index contributed by atoms with van der Waals surface area (Å²) in [7, 11) is -4.03. The van der Waals surface area contributed by atoms with Gasteiger partial charge in [-0.15, -0.1) is 0 Å². The van der Waals surface area contributed by atoms with Gasteiger partial charge in [0.05, 0.1) is 5.66 Å². The Morgan fingerprint density at radius 2 is 1.77 bits per heavy atom. The van der Waals surface area contributed by atoms with Crippen LogP contribution in [0.1, 0.15) is 18.1 Å². The summed E-state index contributed by atoms with van der Waals surface area (Å²) in [5.74, 6) is 0. The van der Waals surface area contributed by atoms with Gasteiger partial charge in [-0.25, -0.2) is 0 Å². The molecule has 1 unspecified atom stereocenters. The third-order valence-electron chi connectivity index (χ3n) is 1.92. The van der Waals surface area contributed by atoms with Crippen molar-refractivity contribution in [2.45, 2.75) is 12.6 Å². The number of nitrogens with two attached hydrogens (primary N) is 1. The molecule has 1 aromatic carbocycles. The molecule has 0 bridgehead atoms. The Labute approximate surface area is 76.6 Å². The van der Waals surface area contributed by atoms with Crippen LogP contribution in [0.3, 0.4) is 0 Å². The summed E-state index contributed by atoms with van der Waals surface area (Å²) in [5.41, 5.74) is 5.86. The molecule has 0 heterocycles. The molecule has 5 heteroatoms. The van der Waals surface area contributed by atoms with Crippen LogP contribution in [0, 0.1) is 0 Å². The number of rotatable bonds is 2. The van der Waals surface area contributed by atoms with Gasteiger partial charge in [0.15, 0.2) is 0 Å². The van der Waals surface area contributed by atoms with Crippen LogP contribution in [0.2, 0.25) is 0 Å². The SMILES string of the molecule is CC(c1ccc(N)cc1)P(=O)(O)O. The first kappa shape index (κ1) is 10.3. The molecule has 0 aliphatic carbocycles. The van der Waals surface area contributed by atoms with E-state index in [1.165, 1.54) is 6.92 Å². The smallest absolute Gasteiger partial charge is 0.332 e. The maximum absolute atomic E-state index is 10.9. The largest absolute Gasteiger partial charge is 0.399 e. The van der Waals surface area contributed by atoms with Crippen LogP contribution >= 0.6 is 7.60 Å². The average molecular weight is 201 g/mol. The van der Waals surface area contributed by atoms with E-state index < -0.39 is 13.3 Å². The predicted octanol–water partition coefficient (Wildman–Crippen LogP) is 1.51. The molecule has 0 saturated heterocycles. The van der Waals surface area contributed by atoms with Gasteiger partial charge in [-0.3, -0.25) is 4.57 Å². The lowest BCUT2D eigenvalue weighted by molar-refractivity contribution is 0.362. The summed E-state index contributed by atoms with van der Waals surface area (Å²) in [6, 6.07) is 6.50. The van der Waals surface area contributed by atoms with E-state index in [9.17, 15) is 4.57 Å². The molecule has 1 aromatic rings. The summed E-state index contributed by atoms with van der Waals surface area (Å²) in [5, 5.41) is 0. The standard InChI is InChI=1S/C8H12NO3P/c1-6(13(10,11)12)7-2-4-8(9)5-3-7/h2-6H,9H2,1H3,(H2,10,11,12). The Balaban J connectivity index is 2.97. The van der Waals surface area contributed by atoms with Gasteiger partial charge in [0.1, 0.15) is 0 Å². The lowest BCUT2D eigenvalue weighted by atomic mass is 10.1. The van der Waals surface area contributed by atoms with E-state index >= 15 is 0 Å². The summed E-state index contributed by atoms with van der Waals surface area (Å²) in [6.07, 6.45) is 0. The van der Waals surface area contributed by atoms with Crippen LogP contribution < -0.4 is 5.73 Å². The number of anilines is 1. The Bertz CT molecular complexity index is 330. The van der Waals surface area contributed by atoms with Crippen LogP contribution in [-0.4, -0.2) is 9.79 Å². The molecule has 13 heavy (non-hydrogen) atoms. The Hall–Kier alpha value is -0.830. The Morgan fingerprint density at radius 1 is 1.31 bits per heavy atom. The van der Waals surface area contributed by atoms with E-state index in [2.05, 4.69) is 0 Å². The first-order chi connectivity index (χ1) is 5.91. The first-order valence-corrected chi connectivity index (χ1v) is 5.50. The van der Waals surface area contributed by atoms with Crippen LogP contribution in [0.25, 0.3) is 0 Å². The van der Waals surface area contributed by atoms with E-state index in [1.807, 2.05) is 0 Å². The molecule has 0 radical (unpaired) electrons. The highest BCUT2D eigenvalue weighted by Gasteiger charge is 2.25. The lowest BCUT2D eigenvalue weighted by Crippen LogP contribution is -1.95. The molecule has 72 valence electrons. The fourth-order valence-corrected chi connectivity index (χ4v) is 1.53. The van der Waals surface area contributed by atoms with Crippen molar-refractivity contribution in [3.63, 3.8) is 0 Å². The second-order valence-corrected chi connectivity index (χ2v) is 4.88. The maximum Gasteiger partial charge on any atom is 0.332 e. The topological polar surface area (TPSA) is 83.6 Å². The molecule has 0 aliphatic rings. The third kappa shape index (κ3) is 2.56. The molecule has 4 N–H and O–H groups in total. The Kier molecular flexibility index (Phi) is 2.76. The van der Waals surface area contributed by atoms with Crippen molar-refractivity contribution in [1.82, 2.24) is 0 Å². The minimum Gasteiger partial charge on any atom is -0.399 e. The van der Waals surface area contributed by atoms with Crippen molar-refractivity contribution in [1.29, 1.82) is 0 Å². The monoisotopic (exact) mass is 201 g/mol. The summed E-state index contributed by atoms with van der Waals surface area (Å²) in [6.45, 7) is 1.49. The van der Waals surface area contributed by atoms with Crippen molar-refractivity contribution in [2.75, 3.05) is 5.73 Å². The number of benzene rings is 1. The van der Waals surface area contributed by atoms with Crippen molar-refractivity contribution in [3.8, 4) is 0 Å². The van der Waals surface area contributed by atoms with Gasteiger partial charge < -0.3 is 15.5 Å². The van der Waals surface area contributed by atoms with Gasteiger partial charge in [-0.2, -0.15) is 0 Å². The van der Waals surface area contributed by atoms with Gasteiger partial charge in [0.25, 0.3) is 0 Å². The van der Waals surface area contributed by atoms with E-state index in [1.54, 1.807) is 24.3 Å². The summed E-state index contributed by atoms with van der Waals surface area (Å²) in [4.78, 5) is 17.8. The Morgan fingerprint density at radius 3 is 2.15 bits per heavy atom. The van der Waals surface area contributed by atoms with Gasteiger partial charge in [-0.05, 0) is 24.6 Å². The quantitative estimate of drug-likeness (QED) is 0.500. The van der Waals surface area contributed by atoms with E-state index in [4.69, 9.17) is 15.5 Å². The highest BCUT2D eigenvalue weighted by atomic mass is 31.2. The average Bonchev–Trinajstić information content (AvgIpc) is 2.03. The van der Waals surface area contributed by atoms with E-state index in [-0.39, 0.29) is 0 Å². The molecular weight excluding hydrogens is 189 g/mol. The van der Waals surface area contributed by atoms with Crippen LogP contribution in [0.5, 0.6) is 0 Å². The number of nitrogen functional groups attached to an aromatic ring is 1.